The highest BCUT2D eigenvalue weighted by Crippen LogP contribution is 2.58. The molecule has 2 aliphatic rings. The van der Waals surface area contributed by atoms with Crippen LogP contribution in [0.5, 0.6) is 0 Å². The molecule has 0 bridgehead atoms. The molecule has 0 aliphatic heterocycles. The molecule has 1 N–H and O–H groups in total. The van der Waals surface area contributed by atoms with Crippen LogP contribution in [0.1, 0.15) is 46.0 Å². The van der Waals surface area contributed by atoms with Gasteiger partial charge >= 0.3 is 0 Å². The Morgan fingerprint density at radius 1 is 1.38 bits per heavy atom. The Hall–Kier alpha value is -0.0400. The second-order valence-corrected chi connectivity index (χ2v) is 5.41. The van der Waals surface area contributed by atoms with Gasteiger partial charge in [0.1, 0.15) is 0 Å². The van der Waals surface area contributed by atoms with Gasteiger partial charge < -0.3 is 5.32 Å². The summed E-state index contributed by atoms with van der Waals surface area (Å²) < 4.78 is 0. The quantitative estimate of drug-likeness (QED) is 0.621. The molecule has 0 aromatic rings. The maximum absolute atomic E-state index is 3.55. The van der Waals surface area contributed by atoms with Crippen LogP contribution < -0.4 is 5.32 Å². The third-order valence-corrected chi connectivity index (χ3v) is 3.81. The van der Waals surface area contributed by atoms with Gasteiger partial charge in [-0.05, 0) is 49.6 Å². The van der Waals surface area contributed by atoms with Gasteiger partial charge in [0, 0.05) is 0 Å². The predicted molar refractivity (Wildman–Crippen MR) is 56.7 cm³/mol. The Kier molecular flexibility index (Phi) is 2.64. The van der Waals surface area contributed by atoms with E-state index in [-0.39, 0.29) is 0 Å². The average Bonchev–Trinajstić information content (AvgIpc) is 2.95. The molecule has 0 amide bonds. The lowest BCUT2D eigenvalue weighted by Gasteiger charge is -2.10. The van der Waals surface area contributed by atoms with E-state index in [0.717, 1.165) is 17.3 Å². The Labute approximate surface area is 82.3 Å². The van der Waals surface area contributed by atoms with Gasteiger partial charge in [-0.15, -0.1) is 0 Å². The first-order valence-electron chi connectivity index (χ1n) is 5.95. The lowest BCUT2D eigenvalue weighted by molar-refractivity contribution is 0.420. The zero-order valence-electron chi connectivity index (χ0n) is 9.10. The Morgan fingerprint density at radius 2 is 2.15 bits per heavy atom. The number of nitrogens with one attached hydrogen (secondary N) is 1. The molecule has 2 saturated carbocycles. The van der Waals surface area contributed by atoms with E-state index in [9.17, 15) is 0 Å². The van der Waals surface area contributed by atoms with Gasteiger partial charge in [-0.1, -0.05) is 26.7 Å². The van der Waals surface area contributed by atoms with Crippen LogP contribution in [0.15, 0.2) is 0 Å². The minimum absolute atomic E-state index is 0.738. The number of hydrogen-bond donors (Lipinski definition) is 1. The molecule has 2 atom stereocenters. The summed E-state index contributed by atoms with van der Waals surface area (Å²) in [5.41, 5.74) is 0.738. The smallest absolute Gasteiger partial charge is 0.00151 e. The van der Waals surface area contributed by atoms with E-state index in [1.165, 1.54) is 45.2 Å². The standard InChI is InChI=1S/C12H23N/c1-3-6-13-9-11-8-12(11,2)7-10-4-5-10/h10-11,13H,3-9H2,1-2H3. The predicted octanol–water partition coefficient (Wildman–Crippen LogP) is 2.81. The molecule has 0 heterocycles. The molecule has 1 heteroatoms. The van der Waals surface area contributed by atoms with Crippen molar-refractivity contribution in [3.8, 4) is 0 Å². The fourth-order valence-corrected chi connectivity index (χ4v) is 2.51. The first-order valence-corrected chi connectivity index (χ1v) is 5.95. The average molecular weight is 181 g/mol. The van der Waals surface area contributed by atoms with Gasteiger partial charge in [0.15, 0.2) is 0 Å². The first kappa shape index (κ1) is 9.51. The van der Waals surface area contributed by atoms with Crippen molar-refractivity contribution in [1.82, 2.24) is 5.32 Å². The van der Waals surface area contributed by atoms with E-state index in [1.54, 1.807) is 0 Å². The van der Waals surface area contributed by atoms with Crippen molar-refractivity contribution in [2.24, 2.45) is 17.3 Å². The van der Waals surface area contributed by atoms with Gasteiger partial charge in [-0.25, -0.2) is 0 Å². The van der Waals surface area contributed by atoms with Crippen molar-refractivity contribution in [1.29, 1.82) is 0 Å². The fraction of sp³-hybridized carbons (Fsp3) is 1.00. The van der Waals surface area contributed by atoms with E-state index in [0.29, 0.717) is 0 Å². The van der Waals surface area contributed by atoms with Gasteiger partial charge in [0.2, 0.25) is 0 Å². The van der Waals surface area contributed by atoms with E-state index in [4.69, 9.17) is 0 Å². The highest BCUT2D eigenvalue weighted by molar-refractivity contribution is 5.02. The van der Waals surface area contributed by atoms with Crippen LogP contribution in [-0.4, -0.2) is 13.1 Å². The molecule has 0 aromatic heterocycles. The zero-order valence-corrected chi connectivity index (χ0v) is 9.10. The largest absolute Gasteiger partial charge is 0.316 e. The summed E-state index contributed by atoms with van der Waals surface area (Å²) in [6, 6.07) is 0. The number of rotatable bonds is 6. The minimum Gasteiger partial charge on any atom is -0.316 e. The fourth-order valence-electron chi connectivity index (χ4n) is 2.51. The Bertz CT molecular complexity index is 174. The first-order chi connectivity index (χ1) is 6.24. The molecule has 76 valence electrons. The van der Waals surface area contributed by atoms with Crippen molar-refractivity contribution >= 4 is 0 Å². The molecule has 2 aliphatic carbocycles. The summed E-state index contributed by atoms with van der Waals surface area (Å²) in [5.74, 6) is 2.11. The van der Waals surface area contributed by atoms with Gasteiger partial charge in [0.05, 0.1) is 0 Å². The molecule has 2 unspecified atom stereocenters. The van der Waals surface area contributed by atoms with Crippen LogP contribution in [0.25, 0.3) is 0 Å². The van der Waals surface area contributed by atoms with E-state index < -0.39 is 0 Å². The van der Waals surface area contributed by atoms with Crippen molar-refractivity contribution in [2.45, 2.75) is 46.0 Å². The maximum Gasteiger partial charge on any atom is -0.00151 e. The molecular formula is C12H23N. The Morgan fingerprint density at radius 3 is 2.77 bits per heavy atom. The minimum atomic E-state index is 0.738. The van der Waals surface area contributed by atoms with Gasteiger partial charge in [-0.2, -0.15) is 0 Å². The molecule has 1 nitrogen and oxygen atoms in total. The molecule has 13 heavy (non-hydrogen) atoms. The van der Waals surface area contributed by atoms with E-state index in [1.807, 2.05) is 0 Å². The van der Waals surface area contributed by atoms with Crippen LogP contribution in [0.3, 0.4) is 0 Å². The van der Waals surface area contributed by atoms with Crippen molar-refractivity contribution in [2.75, 3.05) is 13.1 Å². The summed E-state index contributed by atoms with van der Waals surface area (Å²) in [7, 11) is 0. The maximum atomic E-state index is 3.55. The Balaban J connectivity index is 1.61. The summed E-state index contributed by atoms with van der Waals surface area (Å²) in [6.45, 7) is 7.21. The lowest BCUT2D eigenvalue weighted by Crippen LogP contribution is -2.19. The lowest BCUT2D eigenvalue weighted by atomic mass is 9.98. The summed E-state index contributed by atoms with van der Waals surface area (Å²) in [5, 5.41) is 3.55. The highest BCUT2D eigenvalue weighted by atomic mass is 14.9. The second kappa shape index (κ2) is 3.61. The highest BCUT2D eigenvalue weighted by Gasteiger charge is 2.51. The molecule has 0 radical (unpaired) electrons. The molecule has 0 spiro atoms. The number of hydrogen-bond acceptors (Lipinski definition) is 1. The zero-order chi connectivity index (χ0) is 9.31. The second-order valence-electron chi connectivity index (χ2n) is 5.41. The molecule has 0 saturated heterocycles. The van der Waals surface area contributed by atoms with E-state index in [2.05, 4.69) is 19.2 Å². The van der Waals surface area contributed by atoms with Crippen LogP contribution in [0.4, 0.5) is 0 Å². The van der Waals surface area contributed by atoms with Gasteiger partial charge in [-0.3, -0.25) is 0 Å². The van der Waals surface area contributed by atoms with Crippen LogP contribution >= 0.6 is 0 Å². The summed E-state index contributed by atoms with van der Waals surface area (Å²) in [4.78, 5) is 0. The van der Waals surface area contributed by atoms with Gasteiger partial charge in [0.25, 0.3) is 0 Å². The van der Waals surface area contributed by atoms with Crippen LogP contribution in [0.2, 0.25) is 0 Å². The monoisotopic (exact) mass is 181 g/mol. The summed E-state index contributed by atoms with van der Waals surface area (Å²) >= 11 is 0. The SMILES string of the molecule is CCCNCC1CC1(C)CC1CC1. The third-order valence-electron chi connectivity index (χ3n) is 3.81. The van der Waals surface area contributed by atoms with Crippen molar-refractivity contribution in [3.63, 3.8) is 0 Å². The van der Waals surface area contributed by atoms with Crippen molar-refractivity contribution < 1.29 is 0 Å². The van der Waals surface area contributed by atoms with Crippen LogP contribution in [-0.2, 0) is 0 Å². The van der Waals surface area contributed by atoms with Crippen molar-refractivity contribution in [3.05, 3.63) is 0 Å². The van der Waals surface area contributed by atoms with Crippen LogP contribution in [0, 0.1) is 17.3 Å². The molecule has 0 aromatic carbocycles. The van der Waals surface area contributed by atoms with E-state index >= 15 is 0 Å². The molecular weight excluding hydrogens is 158 g/mol. The molecule has 2 fully saturated rings. The normalized spacial score (nSPS) is 37.8. The third kappa shape index (κ3) is 2.46. The molecule has 2 rings (SSSR count). The summed E-state index contributed by atoms with van der Waals surface area (Å²) in [6.07, 6.45) is 7.31. The topological polar surface area (TPSA) is 12.0 Å².